The molecule has 4 aromatic rings. The minimum absolute atomic E-state index is 0.471. The number of fused-ring (bicyclic) bond motifs is 1. The average molecular weight is 499 g/mol. The van der Waals surface area contributed by atoms with Crippen LogP contribution in [0, 0.1) is 6.92 Å². The topological polar surface area (TPSA) is 50.6 Å². The molecule has 1 atom stereocenters. The third kappa shape index (κ3) is 6.13. The monoisotopic (exact) mass is 498 g/mol. The minimum atomic E-state index is 0.471. The lowest BCUT2D eigenvalue weighted by Crippen LogP contribution is -2.31. The van der Waals surface area contributed by atoms with E-state index in [9.17, 15) is 0 Å². The SMILES string of the molecule is CC[C@H](C)c1ccccc1OCCn1c(C)c(/C=N\NC(=S)NCc2ccccc2)c2ccccc21. The van der Waals surface area contributed by atoms with Crippen LogP contribution in [0.5, 0.6) is 5.75 Å². The van der Waals surface area contributed by atoms with Gasteiger partial charge in [-0.2, -0.15) is 5.10 Å². The molecule has 3 aromatic carbocycles. The van der Waals surface area contributed by atoms with Crippen LogP contribution in [-0.4, -0.2) is 22.5 Å². The van der Waals surface area contributed by atoms with Crippen molar-refractivity contribution in [3.05, 3.63) is 101 Å². The number of nitrogens with zero attached hydrogens (tertiary/aromatic N) is 2. The second-order valence-corrected chi connectivity index (χ2v) is 9.31. The second-order valence-electron chi connectivity index (χ2n) is 8.90. The van der Waals surface area contributed by atoms with Crippen molar-refractivity contribution in [3.63, 3.8) is 0 Å². The van der Waals surface area contributed by atoms with Crippen molar-refractivity contribution in [1.29, 1.82) is 0 Å². The molecular formula is C30H34N4OS. The molecular weight excluding hydrogens is 464 g/mol. The maximum atomic E-state index is 6.26. The quantitative estimate of drug-likeness (QED) is 0.148. The van der Waals surface area contributed by atoms with E-state index in [1.54, 1.807) is 0 Å². The van der Waals surface area contributed by atoms with Crippen molar-refractivity contribution in [2.75, 3.05) is 6.61 Å². The number of aromatic nitrogens is 1. The van der Waals surface area contributed by atoms with E-state index < -0.39 is 0 Å². The highest BCUT2D eigenvalue weighted by atomic mass is 32.1. The number of ether oxygens (including phenoxy) is 1. The van der Waals surface area contributed by atoms with Crippen molar-refractivity contribution >= 4 is 34.4 Å². The molecule has 0 fully saturated rings. The Labute approximate surface area is 219 Å². The van der Waals surface area contributed by atoms with Gasteiger partial charge in [0, 0.05) is 28.7 Å². The van der Waals surface area contributed by atoms with Crippen molar-refractivity contribution in [2.24, 2.45) is 5.10 Å². The molecule has 4 rings (SSSR count). The summed E-state index contributed by atoms with van der Waals surface area (Å²) in [6.45, 7) is 8.57. The summed E-state index contributed by atoms with van der Waals surface area (Å²) in [6.07, 6.45) is 2.94. The zero-order chi connectivity index (χ0) is 25.3. The molecule has 0 radical (unpaired) electrons. The first-order chi connectivity index (χ1) is 17.6. The summed E-state index contributed by atoms with van der Waals surface area (Å²) < 4.78 is 8.56. The Morgan fingerprint density at radius 3 is 2.56 bits per heavy atom. The summed E-state index contributed by atoms with van der Waals surface area (Å²) >= 11 is 5.39. The molecule has 5 nitrogen and oxygen atoms in total. The molecule has 2 N–H and O–H groups in total. The standard InChI is InChI=1S/C30H34N4OS/c1-4-22(2)25-14-9-11-17-29(25)35-19-18-34-23(3)27(26-15-8-10-16-28(26)34)21-32-33-30(36)31-20-24-12-6-5-7-13-24/h5-17,21-22H,4,18-20H2,1-3H3,(H2,31,33,36)/b32-21-/t22-/m0/s1. The highest BCUT2D eigenvalue weighted by molar-refractivity contribution is 7.80. The number of rotatable bonds is 10. The largest absolute Gasteiger partial charge is 0.491 e. The van der Waals surface area contributed by atoms with Crippen LogP contribution in [0.2, 0.25) is 0 Å². The number of nitrogens with one attached hydrogen (secondary N) is 2. The molecule has 0 saturated carbocycles. The summed E-state index contributed by atoms with van der Waals surface area (Å²) in [4.78, 5) is 0. The van der Waals surface area contributed by atoms with Gasteiger partial charge in [0.25, 0.3) is 0 Å². The van der Waals surface area contributed by atoms with Crippen molar-refractivity contribution in [3.8, 4) is 5.75 Å². The Kier molecular flexibility index (Phi) is 8.74. The predicted octanol–water partition coefficient (Wildman–Crippen LogP) is 6.54. The van der Waals surface area contributed by atoms with Gasteiger partial charge >= 0.3 is 0 Å². The van der Waals surface area contributed by atoms with Crippen molar-refractivity contribution in [1.82, 2.24) is 15.3 Å². The summed E-state index contributed by atoms with van der Waals surface area (Å²) in [5, 5.41) is 9.26. The van der Waals surface area contributed by atoms with Crippen LogP contribution in [0.15, 0.2) is 84.0 Å². The Balaban J connectivity index is 1.43. The van der Waals surface area contributed by atoms with E-state index >= 15 is 0 Å². The number of thiocarbonyl (C=S) groups is 1. The number of hydrogen-bond donors (Lipinski definition) is 2. The fourth-order valence-electron chi connectivity index (χ4n) is 4.37. The number of para-hydroxylation sites is 2. The van der Waals surface area contributed by atoms with Crippen LogP contribution < -0.4 is 15.5 Å². The van der Waals surface area contributed by atoms with Gasteiger partial charge in [-0.15, -0.1) is 0 Å². The molecule has 0 aliphatic rings. The van der Waals surface area contributed by atoms with E-state index in [0.717, 1.165) is 35.4 Å². The van der Waals surface area contributed by atoms with E-state index in [4.69, 9.17) is 17.0 Å². The lowest BCUT2D eigenvalue weighted by molar-refractivity contribution is 0.295. The molecule has 6 heteroatoms. The Morgan fingerprint density at radius 1 is 1.03 bits per heavy atom. The molecule has 0 bridgehead atoms. The van der Waals surface area contributed by atoms with Gasteiger partial charge in [-0.25, -0.2) is 0 Å². The van der Waals surface area contributed by atoms with Crippen LogP contribution in [0.3, 0.4) is 0 Å². The molecule has 0 unspecified atom stereocenters. The Bertz CT molecular complexity index is 1330. The van der Waals surface area contributed by atoms with Gasteiger partial charge in [0.05, 0.1) is 12.8 Å². The van der Waals surface area contributed by atoms with Crippen LogP contribution in [-0.2, 0) is 13.1 Å². The van der Waals surface area contributed by atoms with E-state index in [-0.39, 0.29) is 0 Å². The summed E-state index contributed by atoms with van der Waals surface area (Å²) in [7, 11) is 0. The fraction of sp³-hybridized carbons (Fsp3) is 0.267. The van der Waals surface area contributed by atoms with Gasteiger partial charge in [-0.3, -0.25) is 5.43 Å². The Hall–Kier alpha value is -3.64. The molecule has 0 saturated heterocycles. The van der Waals surface area contributed by atoms with Crippen LogP contribution in [0.1, 0.15) is 48.6 Å². The zero-order valence-corrected chi connectivity index (χ0v) is 22.0. The highest BCUT2D eigenvalue weighted by Gasteiger charge is 2.14. The summed E-state index contributed by atoms with van der Waals surface area (Å²) in [5.41, 5.74) is 8.76. The van der Waals surface area contributed by atoms with Gasteiger partial charge in [0.15, 0.2) is 5.11 Å². The fourth-order valence-corrected chi connectivity index (χ4v) is 4.49. The number of hydrogen-bond acceptors (Lipinski definition) is 3. The first kappa shape index (κ1) is 25.5. The van der Waals surface area contributed by atoms with Gasteiger partial charge in [0.1, 0.15) is 12.4 Å². The van der Waals surface area contributed by atoms with Crippen LogP contribution in [0.25, 0.3) is 10.9 Å². The molecule has 0 aliphatic heterocycles. The van der Waals surface area contributed by atoms with E-state index in [1.165, 1.54) is 16.6 Å². The normalized spacial score (nSPS) is 12.1. The third-order valence-electron chi connectivity index (χ3n) is 6.57. The van der Waals surface area contributed by atoms with Crippen LogP contribution >= 0.6 is 12.2 Å². The van der Waals surface area contributed by atoms with Gasteiger partial charge in [0.2, 0.25) is 0 Å². The predicted molar refractivity (Wildman–Crippen MR) is 154 cm³/mol. The average Bonchev–Trinajstić information content (AvgIpc) is 3.18. The molecule has 36 heavy (non-hydrogen) atoms. The maximum Gasteiger partial charge on any atom is 0.187 e. The van der Waals surface area contributed by atoms with E-state index in [0.29, 0.717) is 24.2 Å². The third-order valence-corrected chi connectivity index (χ3v) is 6.81. The van der Waals surface area contributed by atoms with E-state index in [1.807, 2.05) is 30.5 Å². The van der Waals surface area contributed by atoms with Gasteiger partial charge in [-0.1, -0.05) is 80.6 Å². The van der Waals surface area contributed by atoms with E-state index in [2.05, 4.69) is 95.8 Å². The Morgan fingerprint density at radius 2 is 1.75 bits per heavy atom. The summed E-state index contributed by atoms with van der Waals surface area (Å²) in [5.74, 6) is 1.45. The smallest absolute Gasteiger partial charge is 0.187 e. The minimum Gasteiger partial charge on any atom is -0.491 e. The number of hydrazone groups is 1. The van der Waals surface area contributed by atoms with Crippen molar-refractivity contribution in [2.45, 2.75) is 46.2 Å². The molecule has 1 aromatic heterocycles. The molecule has 1 heterocycles. The zero-order valence-electron chi connectivity index (χ0n) is 21.2. The molecule has 0 spiro atoms. The van der Waals surface area contributed by atoms with Gasteiger partial charge in [-0.05, 0) is 54.7 Å². The van der Waals surface area contributed by atoms with Gasteiger partial charge < -0.3 is 14.6 Å². The maximum absolute atomic E-state index is 6.26. The molecule has 186 valence electrons. The molecule has 0 aliphatic carbocycles. The second kappa shape index (κ2) is 12.4. The molecule has 0 amide bonds. The lowest BCUT2D eigenvalue weighted by atomic mass is 9.98. The first-order valence-corrected chi connectivity index (χ1v) is 12.9. The summed E-state index contributed by atoms with van der Waals surface area (Å²) in [6, 6.07) is 26.9. The first-order valence-electron chi connectivity index (χ1n) is 12.5. The van der Waals surface area contributed by atoms with Crippen molar-refractivity contribution < 1.29 is 4.74 Å². The highest BCUT2D eigenvalue weighted by Crippen LogP contribution is 2.29. The lowest BCUT2D eigenvalue weighted by Gasteiger charge is -2.16. The number of benzene rings is 3. The van der Waals surface area contributed by atoms with Crippen LogP contribution in [0.4, 0.5) is 0 Å².